The molecule has 1 saturated heterocycles. The Hall–Kier alpha value is -2.11. The quantitative estimate of drug-likeness (QED) is 0.757. The second-order valence-corrected chi connectivity index (χ2v) is 7.37. The number of hydrogen-bond donors (Lipinski definition) is 2. The number of anilines is 2. The van der Waals surface area contributed by atoms with Gasteiger partial charge in [-0.2, -0.15) is 0 Å². The fourth-order valence-corrected chi connectivity index (χ4v) is 4.18. The van der Waals surface area contributed by atoms with E-state index in [1.807, 2.05) is 23.6 Å². The van der Waals surface area contributed by atoms with E-state index in [0.717, 1.165) is 44.0 Å². The summed E-state index contributed by atoms with van der Waals surface area (Å²) in [6, 6.07) is 14.8. The van der Waals surface area contributed by atoms with Crippen LogP contribution >= 0.6 is 11.3 Å². The van der Waals surface area contributed by atoms with E-state index >= 15 is 0 Å². The van der Waals surface area contributed by atoms with Gasteiger partial charge in [-0.1, -0.05) is 18.2 Å². The Morgan fingerprint density at radius 2 is 2.00 bits per heavy atom. The highest BCUT2D eigenvalue weighted by molar-refractivity contribution is 7.19. The number of nitrogens with zero attached hydrogens (tertiary/aromatic N) is 2. The van der Waals surface area contributed by atoms with Crippen molar-refractivity contribution in [1.29, 1.82) is 0 Å². The van der Waals surface area contributed by atoms with E-state index in [9.17, 15) is 5.11 Å². The van der Waals surface area contributed by atoms with Crippen molar-refractivity contribution in [3.05, 3.63) is 53.5 Å². The highest BCUT2D eigenvalue weighted by atomic mass is 32.1. The van der Waals surface area contributed by atoms with E-state index in [2.05, 4.69) is 51.6 Å². The number of hydrogen-bond acceptors (Lipinski definition) is 5. The van der Waals surface area contributed by atoms with Gasteiger partial charge in [-0.25, -0.2) is 4.98 Å². The predicted molar refractivity (Wildman–Crippen MR) is 101 cm³/mol. The maximum atomic E-state index is 9.70. The maximum Gasteiger partial charge on any atom is 0.151 e. The van der Waals surface area contributed by atoms with Crippen molar-refractivity contribution >= 4 is 32.9 Å². The van der Waals surface area contributed by atoms with Gasteiger partial charge in [-0.05, 0) is 42.5 Å². The molecule has 1 fully saturated rings. The van der Waals surface area contributed by atoms with Crippen molar-refractivity contribution in [2.45, 2.75) is 25.5 Å². The second kappa shape index (κ2) is 6.79. The Morgan fingerprint density at radius 3 is 2.83 bits per heavy atom. The van der Waals surface area contributed by atoms with Gasteiger partial charge in [-0.3, -0.25) is 0 Å². The van der Waals surface area contributed by atoms with E-state index in [1.54, 1.807) is 0 Å². The van der Waals surface area contributed by atoms with Crippen LogP contribution in [-0.2, 0) is 6.54 Å². The van der Waals surface area contributed by atoms with Gasteiger partial charge in [0.05, 0.1) is 11.8 Å². The van der Waals surface area contributed by atoms with Crippen molar-refractivity contribution in [1.82, 2.24) is 4.98 Å². The Morgan fingerprint density at radius 1 is 1.17 bits per heavy atom. The van der Waals surface area contributed by atoms with Crippen LogP contribution in [0.25, 0.3) is 10.1 Å². The first kappa shape index (κ1) is 15.4. The first-order chi connectivity index (χ1) is 11.8. The topological polar surface area (TPSA) is 48.4 Å². The van der Waals surface area contributed by atoms with Crippen molar-refractivity contribution < 1.29 is 5.11 Å². The van der Waals surface area contributed by atoms with Gasteiger partial charge < -0.3 is 15.3 Å². The molecule has 2 N–H and O–H groups in total. The monoisotopic (exact) mass is 339 g/mol. The summed E-state index contributed by atoms with van der Waals surface area (Å²) in [7, 11) is 0. The zero-order valence-electron chi connectivity index (χ0n) is 13.5. The molecule has 0 spiro atoms. The standard InChI is InChI=1S/C19H21N3OS/c23-15-7-10-22(11-8-15)19-17(5-3-9-20-19)21-13-16-12-14-4-1-2-6-18(14)24-16/h1-6,9,12,15,21,23H,7-8,10-11,13H2. The zero-order valence-corrected chi connectivity index (χ0v) is 14.3. The largest absolute Gasteiger partial charge is 0.393 e. The lowest BCUT2D eigenvalue weighted by Crippen LogP contribution is -2.36. The summed E-state index contributed by atoms with van der Waals surface area (Å²) in [5, 5.41) is 14.5. The number of benzene rings is 1. The van der Waals surface area contributed by atoms with Gasteiger partial charge in [0, 0.05) is 35.4 Å². The number of rotatable bonds is 4. The third-order valence-electron chi connectivity index (χ3n) is 4.48. The molecule has 4 rings (SSSR count). The van der Waals surface area contributed by atoms with Crippen LogP contribution in [0.2, 0.25) is 0 Å². The van der Waals surface area contributed by atoms with Gasteiger partial charge >= 0.3 is 0 Å². The summed E-state index contributed by atoms with van der Waals surface area (Å²) in [6.45, 7) is 2.51. The molecule has 0 bridgehead atoms. The summed E-state index contributed by atoms with van der Waals surface area (Å²) in [5.74, 6) is 0.991. The van der Waals surface area contributed by atoms with E-state index in [-0.39, 0.29) is 6.10 Å². The van der Waals surface area contributed by atoms with Gasteiger partial charge in [0.15, 0.2) is 5.82 Å². The Kier molecular flexibility index (Phi) is 4.36. The SMILES string of the molecule is OC1CCN(c2ncccc2NCc2cc3ccccc3s2)CC1. The summed E-state index contributed by atoms with van der Waals surface area (Å²) in [5.41, 5.74) is 1.06. The van der Waals surface area contributed by atoms with Crippen LogP contribution in [0.15, 0.2) is 48.7 Å². The number of thiophene rings is 1. The van der Waals surface area contributed by atoms with E-state index in [0.29, 0.717) is 0 Å². The Bertz CT molecular complexity index is 791. The number of aliphatic hydroxyl groups excluding tert-OH is 1. The first-order valence-corrected chi connectivity index (χ1v) is 9.20. The van der Waals surface area contributed by atoms with Gasteiger partial charge in [0.2, 0.25) is 0 Å². The smallest absolute Gasteiger partial charge is 0.151 e. The molecule has 1 aliphatic rings. The molecular formula is C19H21N3OS. The Balaban J connectivity index is 1.50. The second-order valence-electron chi connectivity index (χ2n) is 6.20. The van der Waals surface area contributed by atoms with Gasteiger partial charge in [-0.15, -0.1) is 11.3 Å². The van der Waals surface area contributed by atoms with Crippen molar-refractivity contribution in [3.63, 3.8) is 0 Å². The molecule has 0 unspecified atom stereocenters. The molecule has 2 aromatic heterocycles. The first-order valence-electron chi connectivity index (χ1n) is 8.39. The lowest BCUT2D eigenvalue weighted by atomic mass is 10.1. The molecule has 0 atom stereocenters. The van der Waals surface area contributed by atoms with Crippen LogP contribution in [0.3, 0.4) is 0 Å². The summed E-state index contributed by atoms with van der Waals surface area (Å²) >= 11 is 1.83. The van der Waals surface area contributed by atoms with Crippen molar-refractivity contribution in [3.8, 4) is 0 Å². The zero-order chi connectivity index (χ0) is 16.4. The molecule has 0 aliphatic carbocycles. The molecular weight excluding hydrogens is 318 g/mol. The van der Waals surface area contributed by atoms with Crippen LogP contribution in [0.4, 0.5) is 11.5 Å². The van der Waals surface area contributed by atoms with Crippen LogP contribution in [0, 0.1) is 0 Å². The molecule has 3 aromatic rings. The lowest BCUT2D eigenvalue weighted by Gasteiger charge is -2.31. The summed E-state index contributed by atoms with van der Waals surface area (Å²) < 4.78 is 1.32. The third-order valence-corrected chi connectivity index (χ3v) is 5.60. The molecule has 1 aromatic carbocycles. The predicted octanol–water partition coefficient (Wildman–Crippen LogP) is 3.87. The normalized spacial score (nSPS) is 15.8. The molecule has 124 valence electrons. The minimum absolute atomic E-state index is 0.167. The van der Waals surface area contributed by atoms with Crippen molar-refractivity contribution in [2.75, 3.05) is 23.3 Å². The van der Waals surface area contributed by atoms with E-state index in [1.165, 1.54) is 15.0 Å². The van der Waals surface area contributed by atoms with E-state index < -0.39 is 0 Å². The van der Waals surface area contributed by atoms with Gasteiger partial charge in [0.1, 0.15) is 0 Å². The lowest BCUT2D eigenvalue weighted by molar-refractivity contribution is 0.145. The molecule has 5 heteroatoms. The summed E-state index contributed by atoms with van der Waals surface area (Å²) in [4.78, 5) is 8.15. The van der Waals surface area contributed by atoms with E-state index in [4.69, 9.17) is 0 Å². The molecule has 1 aliphatic heterocycles. The number of piperidine rings is 1. The minimum atomic E-state index is -0.167. The highest BCUT2D eigenvalue weighted by Gasteiger charge is 2.20. The molecule has 4 nitrogen and oxygen atoms in total. The fourth-order valence-electron chi connectivity index (χ4n) is 3.17. The molecule has 24 heavy (non-hydrogen) atoms. The molecule has 0 amide bonds. The van der Waals surface area contributed by atoms with Crippen LogP contribution in [0.5, 0.6) is 0 Å². The van der Waals surface area contributed by atoms with Crippen LogP contribution in [0.1, 0.15) is 17.7 Å². The number of aromatic nitrogens is 1. The number of nitrogens with one attached hydrogen (secondary N) is 1. The molecule has 0 radical (unpaired) electrons. The number of pyridine rings is 1. The minimum Gasteiger partial charge on any atom is -0.393 e. The number of fused-ring (bicyclic) bond motifs is 1. The van der Waals surface area contributed by atoms with Crippen LogP contribution < -0.4 is 10.2 Å². The fraction of sp³-hybridized carbons (Fsp3) is 0.316. The molecule has 0 saturated carbocycles. The average Bonchev–Trinajstić information content (AvgIpc) is 3.04. The molecule has 3 heterocycles. The Labute approximate surface area is 145 Å². The van der Waals surface area contributed by atoms with Gasteiger partial charge in [0.25, 0.3) is 0 Å². The van der Waals surface area contributed by atoms with Crippen molar-refractivity contribution in [2.24, 2.45) is 0 Å². The maximum absolute atomic E-state index is 9.70. The summed E-state index contributed by atoms with van der Waals surface area (Å²) in [6.07, 6.45) is 3.30. The number of aliphatic hydroxyl groups is 1. The third kappa shape index (κ3) is 3.23. The highest BCUT2D eigenvalue weighted by Crippen LogP contribution is 2.29. The van der Waals surface area contributed by atoms with Crippen LogP contribution in [-0.4, -0.2) is 29.3 Å². The average molecular weight is 339 g/mol.